The van der Waals surface area contributed by atoms with Crippen LogP contribution in [0, 0.1) is 5.82 Å². The zero-order chi connectivity index (χ0) is 13.0. The number of piperazine rings is 1. The first kappa shape index (κ1) is 13.3. The van der Waals surface area contributed by atoms with E-state index in [4.69, 9.17) is 11.6 Å². The van der Waals surface area contributed by atoms with E-state index in [0.717, 1.165) is 26.2 Å². The van der Waals surface area contributed by atoms with Crippen LogP contribution >= 0.6 is 11.6 Å². The molecule has 0 aromatic heterocycles. The maximum atomic E-state index is 12.8. The first-order valence-electron chi connectivity index (χ1n) is 5.83. The normalized spacial score (nSPS) is 16.6. The second-order valence-electron chi connectivity index (χ2n) is 4.20. The Labute approximate surface area is 110 Å². The number of carbonyl (C=O) groups excluding carboxylic acids is 1. The lowest BCUT2D eigenvalue weighted by Gasteiger charge is -2.26. The van der Waals surface area contributed by atoms with Crippen molar-refractivity contribution in [1.29, 1.82) is 0 Å². The Morgan fingerprint density at radius 2 is 2.17 bits per heavy atom. The molecule has 1 aromatic rings. The Morgan fingerprint density at radius 3 is 2.83 bits per heavy atom. The van der Waals surface area contributed by atoms with E-state index in [0.29, 0.717) is 12.2 Å². The van der Waals surface area contributed by atoms with Gasteiger partial charge in [0.05, 0.1) is 17.3 Å². The van der Waals surface area contributed by atoms with Gasteiger partial charge in [-0.15, -0.1) is 0 Å². The van der Waals surface area contributed by atoms with Gasteiger partial charge in [0.1, 0.15) is 5.82 Å². The Balaban J connectivity index is 1.90. The molecule has 0 unspecified atom stereocenters. The topological polar surface area (TPSA) is 44.4 Å². The summed E-state index contributed by atoms with van der Waals surface area (Å²) in [5.41, 5.74) is 0.443. The van der Waals surface area contributed by atoms with E-state index >= 15 is 0 Å². The van der Waals surface area contributed by atoms with E-state index in [1.54, 1.807) is 0 Å². The maximum Gasteiger partial charge on any atom is 0.238 e. The third-order valence-electron chi connectivity index (χ3n) is 2.78. The van der Waals surface area contributed by atoms with Crippen LogP contribution in [0.5, 0.6) is 0 Å². The minimum absolute atomic E-state index is 0.134. The summed E-state index contributed by atoms with van der Waals surface area (Å²) in [4.78, 5) is 13.9. The van der Waals surface area contributed by atoms with Gasteiger partial charge in [0.25, 0.3) is 0 Å². The largest absolute Gasteiger partial charge is 0.324 e. The summed E-state index contributed by atoms with van der Waals surface area (Å²) in [5, 5.41) is 6.11. The molecule has 18 heavy (non-hydrogen) atoms. The van der Waals surface area contributed by atoms with Crippen molar-refractivity contribution in [3.8, 4) is 0 Å². The number of nitrogens with one attached hydrogen (secondary N) is 2. The van der Waals surface area contributed by atoms with Gasteiger partial charge in [-0.25, -0.2) is 4.39 Å². The molecule has 2 N–H and O–H groups in total. The highest BCUT2D eigenvalue weighted by molar-refractivity contribution is 6.33. The molecule has 1 saturated heterocycles. The molecule has 0 bridgehead atoms. The van der Waals surface area contributed by atoms with Gasteiger partial charge in [-0.1, -0.05) is 11.6 Å². The summed E-state index contributed by atoms with van der Waals surface area (Å²) in [6.07, 6.45) is 0. The lowest BCUT2D eigenvalue weighted by molar-refractivity contribution is -0.117. The summed E-state index contributed by atoms with van der Waals surface area (Å²) in [7, 11) is 0. The maximum absolute atomic E-state index is 12.8. The molecular weight excluding hydrogens is 257 g/mol. The fraction of sp³-hybridized carbons (Fsp3) is 0.417. The molecule has 2 rings (SSSR count). The number of benzene rings is 1. The van der Waals surface area contributed by atoms with Gasteiger partial charge in [0, 0.05) is 26.2 Å². The van der Waals surface area contributed by atoms with Gasteiger partial charge in [0.15, 0.2) is 0 Å². The molecule has 98 valence electrons. The van der Waals surface area contributed by atoms with Crippen LogP contribution in [-0.4, -0.2) is 43.5 Å². The van der Waals surface area contributed by atoms with E-state index in [9.17, 15) is 9.18 Å². The monoisotopic (exact) mass is 271 g/mol. The van der Waals surface area contributed by atoms with Crippen molar-refractivity contribution in [3.05, 3.63) is 29.0 Å². The lowest BCUT2D eigenvalue weighted by atomic mass is 10.3. The molecule has 1 aromatic carbocycles. The minimum atomic E-state index is -0.417. The molecule has 6 heteroatoms. The quantitative estimate of drug-likeness (QED) is 0.872. The van der Waals surface area contributed by atoms with Crippen molar-refractivity contribution in [1.82, 2.24) is 10.2 Å². The number of carbonyl (C=O) groups is 1. The van der Waals surface area contributed by atoms with E-state index in [1.165, 1.54) is 18.2 Å². The van der Waals surface area contributed by atoms with Crippen LogP contribution in [0.1, 0.15) is 0 Å². The summed E-state index contributed by atoms with van der Waals surface area (Å²) in [6.45, 7) is 3.82. The van der Waals surface area contributed by atoms with Gasteiger partial charge < -0.3 is 10.6 Å². The number of hydrogen-bond acceptors (Lipinski definition) is 3. The molecule has 1 fully saturated rings. The van der Waals surface area contributed by atoms with E-state index in [2.05, 4.69) is 15.5 Å². The van der Waals surface area contributed by atoms with Crippen molar-refractivity contribution in [2.45, 2.75) is 0 Å². The van der Waals surface area contributed by atoms with Crippen LogP contribution in [0.2, 0.25) is 5.02 Å². The molecule has 0 radical (unpaired) electrons. The summed E-state index contributed by atoms with van der Waals surface area (Å²) in [6, 6.07) is 3.92. The molecular formula is C12H15ClFN3O. The van der Waals surface area contributed by atoms with Crippen LogP contribution in [0.25, 0.3) is 0 Å². The number of rotatable bonds is 3. The van der Waals surface area contributed by atoms with Crippen LogP contribution < -0.4 is 10.6 Å². The van der Waals surface area contributed by atoms with Crippen molar-refractivity contribution in [2.24, 2.45) is 0 Å². The first-order valence-corrected chi connectivity index (χ1v) is 6.21. The number of halogens is 2. The van der Waals surface area contributed by atoms with Gasteiger partial charge in [0.2, 0.25) is 5.91 Å². The average Bonchev–Trinajstić information content (AvgIpc) is 2.34. The molecule has 0 spiro atoms. The molecule has 0 aliphatic carbocycles. The molecule has 1 aliphatic heterocycles. The standard InChI is InChI=1S/C12H15ClFN3O/c13-10-7-9(14)1-2-11(10)16-12(18)8-17-5-3-15-4-6-17/h1-2,7,15H,3-6,8H2,(H,16,18). The Hall–Kier alpha value is -1.17. The first-order chi connectivity index (χ1) is 8.65. The molecule has 0 saturated carbocycles. The smallest absolute Gasteiger partial charge is 0.238 e. The van der Waals surface area contributed by atoms with Crippen LogP contribution in [0.15, 0.2) is 18.2 Å². The van der Waals surface area contributed by atoms with Crippen molar-refractivity contribution >= 4 is 23.2 Å². The second-order valence-corrected chi connectivity index (χ2v) is 4.61. The molecule has 4 nitrogen and oxygen atoms in total. The van der Waals surface area contributed by atoms with Crippen molar-refractivity contribution < 1.29 is 9.18 Å². The van der Waals surface area contributed by atoms with Gasteiger partial charge in [-0.3, -0.25) is 9.69 Å². The van der Waals surface area contributed by atoms with Gasteiger partial charge in [-0.05, 0) is 18.2 Å². The Bertz CT molecular complexity index is 435. The van der Waals surface area contributed by atoms with E-state index < -0.39 is 5.82 Å². The van der Waals surface area contributed by atoms with Gasteiger partial charge >= 0.3 is 0 Å². The van der Waals surface area contributed by atoms with E-state index in [-0.39, 0.29) is 10.9 Å². The minimum Gasteiger partial charge on any atom is -0.324 e. The van der Waals surface area contributed by atoms with Crippen molar-refractivity contribution in [2.75, 3.05) is 38.0 Å². The average molecular weight is 272 g/mol. The highest BCUT2D eigenvalue weighted by Crippen LogP contribution is 2.22. The Morgan fingerprint density at radius 1 is 1.44 bits per heavy atom. The Kier molecular flexibility index (Phi) is 4.52. The van der Waals surface area contributed by atoms with Crippen LogP contribution in [0.3, 0.4) is 0 Å². The van der Waals surface area contributed by atoms with Crippen molar-refractivity contribution in [3.63, 3.8) is 0 Å². The number of amides is 1. The number of hydrogen-bond donors (Lipinski definition) is 2. The molecule has 1 amide bonds. The number of nitrogens with zero attached hydrogens (tertiary/aromatic N) is 1. The molecule has 1 aliphatic rings. The highest BCUT2D eigenvalue weighted by Gasteiger charge is 2.14. The second kappa shape index (κ2) is 6.13. The van der Waals surface area contributed by atoms with E-state index in [1.807, 2.05) is 0 Å². The third-order valence-corrected chi connectivity index (χ3v) is 3.09. The van der Waals surface area contributed by atoms with Gasteiger partial charge in [-0.2, -0.15) is 0 Å². The molecule has 1 heterocycles. The molecule has 0 atom stereocenters. The predicted octanol–water partition coefficient (Wildman–Crippen LogP) is 1.32. The summed E-state index contributed by atoms with van der Waals surface area (Å²) < 4.78 is 12.8. The summed E-state index contributed by atoms with van der Waals surface area (Å²) >= 11 is 5.84. The highest BCUT2D eigenvalue weighted by atomic mass is 35.5. The zero-order valence-corrected chi connectivity index (χ0v) is 10.6. The third kappa shape index (κ3) is 3.66. The zero-order valence-electron chi connectivity index (χ0n) is 9.88. The SMILES string of the molecule is O=C(CN1CCNCC1)Nc1ccc(F)cc1Cl. The van der Waals surface area contributed by atoms with Crippen LogP contribution in [-0.2, 0) is 4.79 Å². The fourth-order valence-corrected chi connectivity index (χ4v) is 2.07. The predicted molar refractivity (Wildman–Crippen MR) is 69.3 cm³/mol. The number of anilines is 1. The van der Waals surface area contributed by atoms with Crippen LogP contribution in [0.4, 0.5) is 10.1 Å². The lowest BCUT2D eigenvalue weighted by Crippen LogP contribution is -2.46. The summed E-state index contributed by atoms with van der Waals surface area (Å²) in [5.74, 6) is -0.550. The fourth-order valence-electron chi connectivity index (χ4n) is 1.85.